The van der Waals surface area contributed by atoms with Gasteiger partial charge in [0.05, 0.1) is 18.0 Å². The summed E-state index contributed by atoms with van der Waals surface area (Å²) in [5.41, 5.74) is 0.608. The predicted octanol–water partition coefficient (Wildman–Crippen LogP) is 11.6. The van der Waals surface area contributed by atoms with Crippen LogP contribution < -0.4 is 5.73 Å². The molecule has 2 aromatic rings. The minimum absolute atomic E-state index is 0. The Morgan fingerprint density at radius 1 is 1.19 bits per heavy atom. The Kier molecular flexibility index (Phi) is 6.19. The summed E-state index contributed by atoms with van der Waals surface area (Å²) in [6, 6.07) is -1.12. The van der Waals surface area contributed by atoms with Crippen LogP contribution in [0.2, 0.25) is 0 Å². The second-order valence-electron chi connectivity index (χ2n) is 10.9. The highest BCUT2D eigenvalue weighted by molar-refractivity contribution is 7.89. The molecule has 1 unspecified atom stereocenters. The molecule has 5 atom stereocenters. The lowest BCUT2D eigenvalue weighted by molar-refractivity contribution is -0.354. The van der Waals surface area contributed by atoms with E-state index in [9.17, 15) is 26.0 Å². The number of nitrogens with zero attached hydrogens (tertiary/aromatic N) is 3. The minimum Gasteiger partial charge on any atom is -0.351 e. The normalized spacial score (nSPS) is 33.1. The van der Waals surface area contributed by atoms with Gasteiger partial charge in [-0.15, -0.1) is 0 Å². The Bertz CT molecular complexity index is 1440. The number of halogens is 5. The van der Waals surface area contributed by atoms with E-state index in [4.69, 9.17) is 10.5 Å². The molecule has 4 rings (SSSR count). The van der Waals surface area contributed by atoms with Crippen molar-refractivity contribution >= 4 is 10.0 Å². The van der Waals surface area contributed by atoms with Crippen molar-refractivity contribution in [2.24, 2.45) is 5.73 Å². The molecule has 1 saturated heterocycles. The maximum atomic E-state index is 15.4. The van der Waals surface area contributed by atoms with Gasteiger partial charge in [-0.25, -0.2) is 17.2 Å². The monoisotopic (exact) mass is 611 g/mol. The standard InChI is InChI=1S/C24H31F5N4O3S.30H2/c1-12-13(2)20(26)16(8-17(12)25)22(5)21(4,30)9-19(23(6,36-22)24(27,28)29)32-11-18-15(14(32)3)10-33(31-18)37(7,34)35;;;;;;;;;;;;;;;;;;;;;;;;;;;;;;/h8,10,14,19H,9,11,30H2,1-7H3;30*1H/t14?,19-,21+,22-,23+;;;;;;;;;;;;;;;;;;;;;;;;;;;;;;/m1............................../s1. The molecule has 0 amide bonds. The van der Waals surface area contributed by atoms with Gasteiger partial charge in [-0.05, 0) is 65.2 Å². The van der Waals surface area contributed by atoms with Crippen LogP contribution in [0, 0.1) is 25.5 Å². The van der Waals surface area contributed by atoms with Gasteiger partial charge in [0.2, 0.25) is 0 Å². The molecule has 2 N–H and O–H groups in total. The van der Waals surface area contributed by atoms with Crippen molar-refractivity contribution in [2.45, 2.75) is 89.5 Å². The molecule has 0 saturated carbocycles. The first-order chi connectivity index (χ1) is 16.7. The molecule has 0 bridgehead atoms. The van der Waals surface area contributed by atoms with Crippen molar-refractivity contribution in [1.82, 2.24) is 14.1 Å². The van der Waals surface area contributed by atoms with E-state index in [1.165, 1.54) is 38.8 Å². The molecule has 0 aliphatic carbocycles. The first kappa shape index (κ1) is 27.9. The van der Waals surface area contributed by atoms with E-state index >= 15 is 4.39 Å². The van der Waals surface area contributed by atoms with E-state index in [1.807, 2.05) is 0 Å². The van der Waals surface area contributed by atoms with Crippen LogP contribution in [0.5, 0.6) is 0 Å². The first-order valence-corrected chi connectivity index (χ1v) is 13.6. The van der Waals surface area contributed by atoms with Crippen LogP contribution in [0.15, 0.2) is 12.3 Å². The Morgan fingerprint density at radius 2 is 1.78 bits per heavy atom. The molecular weight excluding hydrogens is 519 g/mol. The number of benzene rings is 1. The molecule has 2 aliphatic heterocycles. The predicted molar refractivity (Wildman–Crippen MR) is 190 cm³/mol. The zero-order valence-electron chi connectivity index (χ0n) is 21.7. The molecule has 0 radical (unpaired) electrons. The van der Waals surface area contributed by atoms with Gasteiger partial charge in [0, 0.05) is 78.2 Å². The molecule has 1 aromatic carbocycles. The van der Waals surface area contributed by atoms with Gasteiger partial charge < -0.3 is 10.5 Å². The molecule has 0 spiro atoms. The number of fused-ring (bicyclic) bond motifs is 1. The van der Waals surface area contributed by atoms with E-state index in [-0.39, 0.29) is 72.5 Å². The lowest BCUT2D eigenvalue weighted by Gasteiger charge is -2.59. The molecule has 2 aliphatic rings. The summed E-state index contributed by atoms with van der Waals surface area (Å²) in [5, 5.41) is 4.06. The highest BCUT2D eigenvalue weighted by Crippen LogP contribution is 2.56. The summed E-state index contributed by atoms with van der Waals surface area (Å²) >= 11 is 0. The van der Waals surface area contributed by atoms with Gasteiger partial charge in [0.15, 0.2) is 5.60 Å². The lowest BCUT2D eigenvalue weighted by Crippen LogP contribution is -2.74. The molecule has 1 aromatic heterocycles. The Hall–Kier alpha value is -2.09. The first-order valence-electron chi connectivity index (χ1n) is 11.7. The number of rotatable bonds is 3. The third kappa shape index (κ3) is 4.00. The Labute approximate surface area is 257 Å². The Morgan fingerprint density at radius 3 is 2.30 bits per heavy atom. The van der Waals surface area contributed by atoms with Gasteiger partial charge in [-0.1, -0.05) is 0 Å². The van der Waals surface area contributed by atoms with E-state index in [2.05, 4.69) is 5.10 Å². The largest absolute Gasteiger partial charge is 0.418 e. The van der Waals surface area contributed by atoms with E-state index in [0.29, 0.717) is 11.3 Å². The van der Waals surface area contributed by atoms with Gasteiger partial charge >= 0.3 is 6.18 Å². The Balaban J connectivity index is -0.0000000213. The average Bonchev–Trinajstić information content (AvgIpc) is 3.31. The third-order valence-electron chi connectivity index (χ3n) is 8.42. The summed E-state index contributed by atoms with van der Waals surface area (Å²) in [5.74, 6) is -1.64. The average molecular weight is 611 g/mol. The van der Waals surface area contributed by atoms with Crippen molar-refractivity contribution in [3.05, 3.63) is 51.8 Å². The maximum Gasteiger partial charge on any atom is 0.418 e. The fraction of sp³-hybridized carbons (Fsp3) is 0.625. The number of hydrogen-bond donors (Lipinski definition) is 1. The third-order valence-corrected chi connectivity index (χ3v) is 9.28. The molecule has 13 heteroatoms. The van der Waals surface area contributed by atoms with Gasteiger partial charge in [0.25, 0.3) is 10.0 Å². The fourth-order valence-corrected chi connectivity index (χ4v) is 6.10. The smallest absolute Gasteiger partial charge is 0.351 e. The molecule has 266 valence electrons. The van der Waals surface area contributed by atoms with Crippen LogP contribution in [0.1, 0.15) is 111 Å². The second-order valence-corrected chi connectivity index (χ2v) is 12.7. The number of alkyl halides is 3. The topological polar surface area (TPSA) is 90.5 Å². The van der Waals surface area contributed by atoms with Crippen molar-refractivity contribution in [1.29, 1.82) is 0 Å². The van der Waals surface area contributed by atoms with Crippen molar-refractivity contribution in [3.63, 3.8) is 0 Å². The number of nitrogens with two attached hydrogens (primary N) is 1. The fourth-order valence-electron chi connectivity index (χ4n) is 5.54. The van der Waals surface area contributed by atoms with Crippen LogP contribution in [0.3, 0.4) is 0 Å². The minimum atomic E-state index is -4.92. The molecule has 37 heavy (non-hydrogen) atoms. The van der Waals surface area contributed by atoms with Crippen molar-refractivity contribution < 1.29 is 77.9 Å². The summed E-state index contributed by atoms with van der Waals surface area (Å²) < 4.78 is 105. The number of hydrogen-bond acceptors (Lipinski definition) is 6. The maximum absolute atomic E-state index is 15.4. The zero-order valence-corrected chi connectivity index (χ0v) is 22.5. The number of ether oxygens (including phenoxy) is 1. The molecular formula is C24H91F5N4O3S. The summed E-state index contributed by atoms with van der Waals surface area (Å²) in [6.45, 7) is 7.93. The van der Waals surface area contributed by atoms with Crippen LogP contribution in [0.25, 0.3) is 0 Å². The van der Waals surface area contributed by atoms with Crippen LogP contribution in [-0.2, 0) is 26.9 Å². The van der Waals surface area contributed by atoms with E-state index < -0.39 is 56.7 Å². The second kappa shape index (κ2) is 8.20. The van der Waals surface area contributed by atoms with Crippen LogP contribution in [-0.4, -0.2) is 52.1 Å². The van der Waals surface area contributed by atoms with Gasteiger partial charge in [-0.2, -0.15) is 22.4 Å². The highest BCUT2D eigenvalue weighted by Gasteiger charge is 2.69. The van der Waals surface area contributed by atoms with Crippen LogP contribution >= 0.6 is 0 Å². The van der Waals surface area contributed by atoms with Gasteiger partial charge in [-0.3, -0.25) is 4.90 Å². The molecule has 7 nitrogen and oxygen atoms in total. The number of aromatic nitrogens is 2. The zero-order chi connectivity index (χ0) is 28.1. The summed E-state index contributed by atoms with van der Waals surface area (Å²) in [7, 11) is -3.68. The van der Waals surface area contributed by atoms with Crippen molar-refractivity contribution in [2.75, 3.05) is 6.26 Å². The van der Waals surface area contributed by atoms with Gasteiger partial charge in [0.1, 0.15) is 17.2 Å². The van der Waals surface area contributed by atoms with E-state index in [0.717, 1.165) is 23.3 Å². The molecule has 1 fully saturated rings. The van der Waals surface area contributed by atoms with Crippen LogP contribution in [0.4, 0.5) is 22.0 Å². The summed E-state index contributed by atoms with van der Waals surface area (Å²) in [4.78, 5) is 1.53. The van der Waals surface area contributed by atoms with E-state index in [1.54, 1.807) is 6.92 Å². The van der Waals surface area contributed by atoms with Crippen molar-refractivity contribution in [3.8, 4) is 0 Å². The summed E-state index contributed by atoms with van der Waals surface area (Å²) in [6.07, 6.45) is -2.93. The lowest BCUT2D eigenvalue weighted by atomic mass is 9.67. The quantitative estimate of drug-likeness (QED) is 0.348. The SMILES string of the molecule is Cc1c(F)cc([C@@]2(C)O[C@](C)(C(F)(F)F)[C@H](N3Cc4nn(S(C)(=O)=O)cc4C3C)C[C@]2(C)N)c(F)c1C.[HH].[HH].[HH].[HH].[HH].[HH].[HH].[HH].[HH].[HH].[HH].[HH].[HH].[HH].[HH].[HH].[HH].[HH].[HH].[HH].[HH].[HH].[HH].[HH].[HH].[HH].[HH].[HH].[HH].[HH]. The molecule has 3 heterocycles. The highest BCUT2D eigenvalue weighted by atomic mass is 32.2.